The van der Waals surface area contributed by atoms with Crippen molar-refractivity contribution in [2.45, 2.75) is 31.2 Å². The summed E-state index contributed by atoms with van der Waals surface area (Å²) in [6.07, 6.45) is 2.68. The van der Waals surface area contributed by atoms with E-state index in [2.05, 4.69) is 15.5 Å². The van der Waals surface area contributed by atoms with E-state index in [1.165, 1.54) is 4.90 Å². The minimum absolute atomic E-state index is 0.0626. The lowest BCUT2D eigenvalue weighted by atomic mass is 9.74. The molecule has 0 saturated heterocycles. The molecule has 0 radical (unpaired) electrons. The Kier molecular flexibility index (Phi) is 3.87. The van der Waals surface area contributed by atoms with Crippen molar-refractivity contribution in [1.29, 1.82) is 0 Å². The first kappa shape index (κ1) is 14.2. The monoisotopic (exact) mass is 278 g/mol. The standard InChI is InChI=1S/C13H18N4O3/c1-17(2)12(20)9-4-5-10(16-15-9)14-13(6-3-7-13)8-11(18)19/h4-5H,3,6-8H2,1-2H3,(H,14,16)(H,18,19). The molecule has 1 heterocycles. The summed E-state index contributed by atoms with van der Waals surface area (Å²) < 4.78 is 0. The highest BCUT2D eigenvalue weighted by atomic mass is 16.4. The highest BCUT2D eigenvalue weighted by Crippen LogP contribution is 2.37. The molecule has 1 aliphatic carbocycles. The summed E-state index contributed by atoms with van der Waals surface area (Å²) in [5, 5.41) is 19.9. The summed E-state index contributed by atoms with van der Waals surface area (Å²) in [6.45, 7) is 0. The molecule has 0 spiro atoms. The number of aliphatic carboxylic acids is 1. The Morgan fingerprint density at radius 1 is 1.35 bits per heavy atom. The Balaban J connectivity index is 2.07. The molecule has 0 aromatic carbocycles. The number of amides is 1. The molecule has 1 aliphatic rings. The largest absolute Gasteiger partial charge is 0.481 e. The van der Waals surface area contributed by atoms with Gasteiger partial charge in [0.15, 0.2) is 5.69 Å². The van der Waals surface area contributed by atoms with Gasteiger partial charge in [-0.15, -0.1) is 10.2 Å². The second-order valence-corrected chi connectivity index (χ2v) is 5.33. The molecule has 0 unspecified atom stereocenters. The number of rotatable bonds is 5. The predicted octanol–water partition coefficient (Wildman–Crippen LogP) is 0.988. The Morgan fingerprint density at radius 2 is 2.05 bits per heavy atom. The highest BCUT2D eigenvalue weighted by Gasteiger charge is 2.39. The van der Waals surface area contributed by atoms with Gasteiger partial charge >= 0.3 is 5.97 Å². The van der Waals surface area contributed by atoms with Crippen LogP contribution in [0.15, 0.2) is 12.1 Å². The van der Waals surface area contributed by atoms with Crippen LogP contribution in [-0.2, 0) is 4.79 Å². The summed E-state index contributed by atoms with van der Waals surface area (Å²) >= 11 is 0. The van der Waals surface area contributed by atoms with Crippen molar-refractivity contribution in [3.63, 3.8) is 0 Å². The Labute approximate surface area is 117 Å². The topological polar surface area (TPSA) is 95.4 Å². The van der Waals surface area contributed by atoms with Crippen molar-refractivity contribution in [2.24, 2.45) is 0 Å². The van der Waals surface area contributed by atoms with Crippen LogP contribution < -0.4 is 5.32 Å². The SMILES string of the molecule is CN(C)C(=O)c1ccc(NC2(CC(=O)O)CCC2)nn1. The second-order valence-electron chi connectivity index (χ2n) is 5.33. The fraction of sp³-hybridized carbons (Fsp3) is 0.538. The van der Waals surface area contributed by atoms with Gasteiger partial charge in [0, 0.05) is 19.6 Å². The van der Waals surface area contributed by atoms with Crippen LogP contribution in [0.2, 0.25) is 0 Å². The minimum atomic E-state index is -0.829. The van der Waals surface area contributed by atoms with Crippen molar-refractivity contribution >= 4 is 17.7 Å². The molecule has 1 fully saturated rings. The smallest absolute Gasteiger partial charge is 0.305 e. The summed E-state index contributed by atoms with van der Waals surface area (Å²) in [7, 11) is 3.29. The van der Waals surface area contributed by atoms with Gasteiger partial charge in [0.2, 0.25) is 0 Å². The zero-order chi connectivity index (χ0) is 14.8. The van der Waals surface area contributed by atoms with Gasteiger partial charge in [-0.2, -0.15) is 0 Å². The zero-order valence-electron chi connectivity index (χ0n) is 11.6. The first-order valence-corrected chi connectivity index (χ1v) is 6.47. The first-order chi connectivity index (χ1) is 9.42. The number of carboxylic acids is 1. The van der Waals surface area contributed by atoms with E-state index in [0.29, 0.717) is 5.82 Å². The molecule has 7 nitrogen and oxygen atoms in total. The van der Waals surface area contributed by atoms with E-state index < -0.39 is 11.5 Å². The minimum Gasteiger partial charge on any atom is -0.481 e. The van der Waals surface area contributed by atoms with Gasteiger partial charge in [0.1, 0.15) is 5.82 Å². The van der Waals surface area contributed by atoms with Gasteiger partial charge in [0.05, 0.1) is 6.42 Å². The summed E-state index contributed by atoms with van der Waals surface area (Å²) in [4.78, 5) is 24.0. The van der Waals surface area contributed by atoms with Crippen LogP contribution in [0.5, 0.6) is 0 Å². The van der Waals surface area contributed by atoms with Crippen LogP contribution in [0.3, 0.4) is 0 Å². The molecule has 2 N–H and O–H groups in total. The lowest BCUT2D eigenvalue weighted by Crippen LogP contribution is -2.47. The van der Waals surface area contributed by atoms with Crippen molar-refractivity contribution in [2.75, 3.05) is 19.4 Å². The number of nitrogens with zero attached hydrogens (tertiary/aromatic N) is 3. The van der Waals surface area contributed by atoms with Gasteiger partial charge in [-0.1, -0.05) is 0 Å². The zero-order valence-corrected chi connectivity index (χ0v) is 11.6. The Bertz CT molecular complexity index is 509. The van der Waals surface area contributed by atoms with E-state index in [-0.39, 0.29) is 18.0 Å². The van der Waals surface area contributed by atoms with Gasteiger partial charge in [0.25, 0.3) is 5.91 Å². The number of carbonyl (C=O) groups excluding carboxylic acids is 1. The van der Waals surface area contributed by atoms with Crippen LogP contribution >= 0.6 is 0 Å². The maximum atomic E-state index is 11.7. The third-order valence-corrected chi connectivity index (χ3v) is 3.48. The van der Waals surface area contributed by atoms with E-state index in [9.17, 15) is 9.59 Å². The number of hydrogen-bond acceptors (Lipinski definition) is 5. The van der Waals surface area contributed by atoms with Crippen molar-refractivity contribution in [3.8, 4) is 0 Å². The molecule has 1 aromatic heterocycles. The molecule has 1 amide bonds. The number of aromatic nitrogens is 2. The number of carboxylic acid groups (broad SMARTS) is 1. The number of hydrogen-bond donors (Lipinski definition) is 2. The van der Waals surface area contributed by atoms with E-state index in [1.54, 1.807) is 26.2 Å². The fourth-order valence-electron chi connectivity index (χ4n) is 2.25. The molecule has 7 heteroatoms. The molecule has 0 aliphatic heterocycles. The van der Waals surface area contributed by atoms with Crippen molar-refractivity contribution in [3.05, 3.63) is 17.8 Å². The maximum Gasteiger partial charge on any atom is 0.305 e. The first-order valence-electron chi connectivity index (χ1n) is 6.47. The lowest BCUT2D eigenvalue weighted by molar-refractivity contribution is -0.138. The summed E-state index contributed by atoms with van der Waals surface area (Å²) in [6, 6.07) is 3.25. The molecule has 1 saturated carbocycles. The van der Waals surface area contributed by atoms with E-state index in [4.69, 9.17) is 5.11 Å². The van der Waals surface area contributed by atoms with Crippen LogP contribution in [0.25, 0.3) is 0 Å². The molecular formula is C13H18N4O3. The van der Waals surface area contributed by atoms with Crippen LogP contribution in [-0.4, -0.2) is 51.7 Å². The molecule has 1 aromatic rings. The maximum absolute atomic E-state index is 11.7. The van der Waals surface area contributed by atoms with Gasteiger partial charge < -0.3 is 15.3 Å². The highest BCUT2D eigenvalue weighted by molar-refractivity contribution is 5.91. The summed E-state index contributed by atoms with van der Waals surface area (Å²) in [5.74, 6) is -0.543. The van der Waals surface area contributed by atoms with Crippen molar-refractivity contribution in [1.82, 2.24) is 15.1 Å². The predicted molar refractivity (Wildman–Crippen MR) is 72.5 cm³/mol. The lowest BCUT2D eigenvalue weighted by Gasteiger charge is -2.41. The third kappa shape index (κ3) is 3.04. The average Bonchev–Trinajstić information content (AvgIpc) is 2.35. The summed E-state index contributed by atoms with van der Waals surface area (Å²) in [5.41, 5.74) is -0.158. The second kappa shape index (κ2) is 5.44. The fourth-order valence-corrected chi connectivity index (χ4v) is 2.25. The average molecular weight is 278 g/mol. The van der Waals surface area contributed by atoms with Crippen molar-refractivity contribution < 1.29 is 14.7 Å². The Morgan fingerprint density at radius 3 is 2.45 bits per heavy atom. The molecule has 0 atom stereocenters. The molecule has 20 heavy (non-hydrogen) atoms. The van der Waals surface area contributed by atoms with E-state index >= 15 is 0 Å². The van der Waals surface area contributed by atoms with Crippen LogP contribution in [0.1, 0.15) is 36.2 Å². The third-order valence-electron chi connectivity index (χ3n) is 3.48. The van der Waals surface area contributed by atoms with E-state index in [0.717, 1.165) is 19.3 Å². The molecule has 108 valence electrons. The molecule has 2 rings (SSSR count). The number of nitrogens with one attached hydrogen (secondary N) is 1. The van der Waals surface area contributed by atoms with Gasteiger partial charge in [-0.25, -0.2) is 0 Å². The Hall–Kier alpha value is -2.18. The number of anilines is 1. The quantitative estimate of drug-likeness (QED) is 0.834. The van der Waals surface area contributed by atoms with E-state index in [1.807, 2.05) is 0 Å². The molecular weight excluding hydrogens is 260 g/mol. The van der Waals surface area contributed by atoms with Crippen LogP contribution in [0, 0.1) is 0 Å². The van der Waals surface area contributed by atoms with Gasteiger partial charge in [-0.3, -0.25) is 9.59 Å². The van der Waals surface area contributed by atoms with Gasteiger partial charge in [-0.05, 0) is 31.4 Å². The number of carbonyl (C=O) groups is 2. The normalized spacial score (nSPS) is 16.1. The molecule has 0 bridgehead atoms. The van der Waals surface area contributed by atoms with Crippen LogP contribution in [0.4, 0.5) is 5.82 Å².